The topological polar surface area (TPSA) is 109 Å². The standard InChI is InChI=1S/C19H25N5O3/c1-3-4-16-15(11-21-24(16)17-9-12(2)7-8-20-17)23-19(27)22-14-6-5-13(10-14)18(25)26/h7-9,11,13-14H,3-6,10H2,1-2H3,(H,25,26)(H2,22,23,27)/t13-,14+/m0/s1. The van der Waals surface area contributed by atoms with Crippen molar-refractivity contribution in [2.45, 2.75) is 52.0 Å². The number of hydrogen-bond donors (Lipinski definition) is 3. The molecule has 1 fully saturated rings. The Morgan fingerprint density at radius 1 is 1.37 bits per heavy atom. The number of aliphatic carboxylic acids is 1. The molecule has 3 N–H and O–H groups in total. The molecule has 8 nitrogen and oxygen atoms in total. The summed E-state index contributed by atoms with van der Waals surface area (Å²) in [4.78, 5) is 27.8. The first-order valence-corrected chi connectivity index (χ1v) is 9.28. The number of aromatic nitrogens is 3. The molecule has 2 aromatic heterocycles. The van der Waals surface area contributed by atoms with Crippen LogP contribution in [0.3, 0.4) is 0 Å². The normalized spacial score (nSPS) is 19.0. The van der Waals surface area contributed by atoms with Crippen molar-refractivity contribution in [3.05, 3.63) is 35.8 Å². The van der Waals surface area contributed by atoms with Crippen LogP contribution in [0, 0.1) is 12.8 Å². The summed E-state index contributed by atoms with van der Waals surface area (Å²) in [6.45, 7) is 4.06. The molecule has 2 amide bonds. The van der Waals surface area contributed by atoms with Crippen molar-refractivity contribution in [2.24, 2.45) is 5.92 Å². The van der Waals surface area contributed by atoms with E-state index in [0.29, 0.717) is 30.8 Å². The van der Waals surface area contributed by atoms with Gasteiger partial charge in [-0.3, -0.25) is 4.79 Å². The molecule has 0 aromatic carbocycles. The fourth-order valence-electron chi connectivity index (χ4n) is 3.47. The van der Waals surface area contributed by atoms with Crippen LogP contribution < -0.4 is 10.6 Å². The second-order valence-corrected chi connectivity index (χ2v) is 7.00. The van der Waals surface area contributed by atoms with Crippen LogP contribution >= 0.6 is 0 Å². The molecule has 3 rings (SSSR count). The van der Waals surface area contributed by atoms with Crippen LogP contribution in [0.15, 0.2) is 24.5 Å². The predicted octanol–water partition coefficient (Wildman–Crippen LogP) is 2.90. The number of anilines is 1. The van der Waals surface area contributed by atoms with Gasteiger partial charge in [-0.15, -0.1) is 0 Å². The minimum absolute atomic E-state index is 0.116. The molecule has 0 bridgehead atoms. The Morgan fingerprint density at radius 2 is 2.19 bits per heavy atom. The highest BCUT2D eigenvalue weighted by Gasteiger charge is 2.30. The summed E-state index contributed by atoms with van der Waals surface area (Å²) < 4.78 is 1.75. The number of nitrogens with zero attached hydrogens (tertiary/aromatic N) is 3. The number of aryl methyl sites for hydroxylation is 1. The number of carbonyl (C=O) groups is 2. The first kappa shape index (κ1) is 18.9. The zero-order chi connectivity index (χ0) is 19.4. The third-order valence-corrected chi connectivity index (χ3v) is 4.84. The van der Waals surface area contributed by atoms with Gasteiger partial charge in [0.1, 0.15) is 0 Å². The van der Waals surface area contributed by atoms with Crippen LogP contribution in [0.4, 0.5) is 10.5 Å². The zero-order valence-corrected chi connectivity index (χ0v) is 15.6. The molecule has 8 heteroatoms. The van der Waals surface area contributed by atoms with Crippen molar-refractivity contribution < 1.29 is 14.7 Å². The number of carboxylic acid groups (broad SMARTS) is 1. The van der Waals surface area contributed by atoms with Crippen LogP contribution in [0.25, 0.3) is 5.82 Å². The van der Waals surface area contributed by atoms with Gasteiger partial charge in [0.15, 0.2) is 5.82 Å². The van der Waals surface area contributed by atoms with Gasteiger partial charge in [-0.1, -0.05) is 13.3 Å². The molecular weight excluding hydrogens is 346 g/mol. The van der Waals surface area contributed by atoms with E-state index < -0.39 is 5.97 Å². The molecule has 2 aromatic rings. The third-order valence-electron chi connectivity index (χ3n) is 4.84. The molecule has 2 atom stereocenters. The Kier molecular flexibility index (Phi) is 5.73. The summed E-state index contributed by atoms with van der Waals surface area (Å²) in [5.74, 6) is -0.454. The Hall–Kier alpha value is -2.90. The maximum atomic E-state index is 12.4. The van der Waals surface area contributed by atoms with Gasteiger partial charge in [0.05, 0.1) is 23.5 Å². The van der Waals surface area contributed by atoms with E-state index >= 15 is 0 Å². The van der Waals surface area contributed by atoms with Crippen molar-refractivity contribution in [1.82, 2.24) is 20.1 Å². The van der Waals surface area contributed by atoms with E-state index in [0.717, 1.165) is 24.1 Å². The van der Waals surface area contributed by atoms with E-state index in [1.54, 1.807) is 17.1 Å². The van der Waals surface area contributed by atoms with E-state index in [2.05, 4.69) is 27.6 Å². The molecule has 1 saturated carbocycles. The second kappa shape index (κ2) is 8.20. The summed E-state index contributed by atoms with van der Waals surface area (Å²) in [5.41, 5.74) is 2.62. The average molecular weight is 371 g/mol. The third kappa shape index (κ3) is 4.45. The Morgan fingerprint density at radius 3 is 2.85 bits per heavy atom. The number of carboxylic acids is 1. The molecule has 0 spiro atoms. The summed E-state index contributed by atoms with van der Waals surface area (Å²) in [6, 6.07) is 3.42. The van der Waals surface area contributed by atoms with Crippen LogP contribution in [0.5, 0.6) is 0 Å². The highest BCUT2D eigenvalue weighted by molar-refractivity contribution is 5.90. The first-order valence-electron chi connectivity index (χ1n) is 9.28. The molecule has 2 heterocycles. The largest absolute Gasteiger partial charge is 0.481 e. The summed E-state index contributed by atoms with van der Waals surface area (Å²) in [5, 5.41) is 19.2. The molecule has 0 unspecified atom stereocenters. The van der Waals surface area contributed by atoms with Gasteiger partial charge in [-0.05, 0) is 50.3 Å². The van der Waals surface area contributed by atoms with Crippen LogP contribution in [0.1, 0.15) is 43.9 Å². The average Bonchev–Trinajstić information content (AvgIpc) is 3.23. The van der Waals surface area contributed by atoms with Gasteiger partial charge in [0, 0.05) is 12.2 Å². The van der Waals surface area contributed by atoms with Gasteiger partial charge >= 0.3 is 12.0 Å². The quantitative estimate of drug-likeness (QED) is 0.723. The number of amides is 2. The minimum Gasteiger partial charge on any atom is -0.481 e. The van der Waals surface area contributed by atoms with Crippen molar-refractivity contribution in [2.75, 3.05) is 5.32 Å². The minimum atomic E-state index is -0.795. The maximum Gasteiger partial charge on any atom is 0.319 e. The van der Waals surface area contributed by atoms with E-state index in [4.69, 9.17) is 5.11 Å². The summed E-state index contributed by atoms with van der Waals surface area (Å²) in [7, 11) is 0. The van der Waals surface area contributed by atoms with Crippen molar-refractivity contribution >= 4 is 17.7 Å². The van der Waals surface area contributed by atoms with Gasteiger partial charge in [0.2, 0.25) is 0 Å². The van der Waals surface area contributed by atoms with Crippen LogP contribution in [-0.4, -0.2) is 37.9 Å². The van der Waals surface area contributed by atoms with Gasteiger partial charge in [-0.25, -0.2) is 14.5 Å². The monoisotopic (exact) mass is 371 g/mol. The molecule has 1 aliphatic rings. The zero-order valence-electron chi connectivity index (χ0n) is 15.6. The fourth-order valence-corrected chi connectivity index (χ4v) is 3.47. The van der Waals surface area contributed by atoms with Gasteiger partial charge < -0.3 is 15.7 Å². The lowest BCUT2D eigenvalue weighted by atomic mass is 10.1. The summed E-state index contributed by atoms with van der Waals surface area (Å²) >= 11 is 0. The molecule has 1 aliphatic carbocycles. The molecule has 0 saturated heterocycles. The van der Waals surface area contributed by atoms with E-state index in [-0.39, 0.29) is 18.0 Å². The smallest absolute Gasteiger partial charge is 0.319 e. The number of pyridine rings is 1. The van der Waals surface area contributed by atoms with Crippen LogP contribution in [0.2, 0.25) is 0 Å². The summed E-state index contributed by atoms with van der Waals surface area (Å²) in [6.07, 6.45) is 6.75. The lowest BCUT2D eigenvalue weighted by Crippen LogP contribution is -2.36. The van der Waals surface area contributed by atoms with E-state index in [1.807, 2.05) is 19.1 Å². The fraction of sp³-hybridized carbons (Fsp3) is 0.474. The number of urea groups is 1. The molecular formula is C19H25N5O3. The molecule has 0 radical (unpaired) electrons. The Bertz CT molecular complexity index is 833. The van der Waals surface area contributed by atoms with E-state index in [1.165, 1.54) is 0 Å². The number of hydrogen-bond acceptors (Lipinski definition) is 4. The van der Waals surface area contributed by atoms with E-state index in [9.17, 15) is 9.59 Å². The van der Waals surface area contributed by atoms with Crippen LogP contribution in [-0.2, 0) is 11.2 Å². The molecule has 0 aliphatic heterocycles. The predicted molar refractivity (Wildman–Crippen MR) is 101 cm³/mol. The number of carbonyl (C=O) groups excluding carboxylic acids is 1. The van der Waals surface area contributed by atoms with Gasteiger partial charge in [0.25, 0.3) is 0 Å². The Balaban J connectivity index is 1.71. The first-order chi connectivity index (χ1) is 13.0. The maximum absolute atomic E-state index is 12.4. The van der Waals surface area contributed by atoms with Gasteiger partial charge in [-0.2, -0.15) is 5.10 Å². The lowest BCUT2D eigenvalue weighted by molar-refractivity contribution is -0.141. The van der Waals surface area contributed by atoms with Crippen molar-refractivity contribution in [3.8, 4) is 5.82 Å². The van der Waals surface area contributed by atoms with Crippen molar-refractivity contribution in [1.29, 1.82) is 0 Å². The SMILES string of the molecule is CCCc1c(NC(=O)N[C@@H]2CC[C@H](C(=O)O)C2)cnn1-c1cc(C)ccn1. The highest BCUT2D eigenvalue weighted by Crippen LogP contribution is 2.26. The molecule has 144 valence electrons. The number of rotatable bonds is 6. The number of nitrogens with one attached hydrogen (secondary N) is 2. The molecule has 27 heavy (non-hydrogen) atoms. The lowest BCUT2D eigenvalue weighted by Gasteiger charge is -2.14. The van der Waals surface area contributed by atoms with Crippen molar-refractivity contribution in [3.63, 3.8) is 0 Å². The highest BCUT2D eigenvalue weighted by atomic mass is 16.4. The Labute approximate surface area is 158 Å². The second-order valence-electron chi connectivity index (χ2n) is 7.00.